The van der Waals surface area contributed by atoms with Crippen LogP contribution in [-0.2, 0) is 21.2 Å². The van der Waals surface area contributed by atoms with E-state index in [1.807, 2.05) is 43.3 Å². The summed E-state index contributed by atoms with van der Waals surface area (Å²) in [5, 5.41) is 7.78. The van der Waals surface area contributed by atoms with Crippen molar-refractivity contribution in [3.8, 4) is 0 Å². The first-order valence-electron chi connectivity index (χ1n) is 9.53. The van der Waals surface area contributed by atoms with Crippen LogP contribution >= 0.6 is 0 Å². The molecule has 0 aliphatic carbocycles. The SMILES string of the molecule is Cc1cccc(S(=O)(=O)N2CCC3(CC2)[N]C(=O)C(Cc2ccccc2)N3)c1. The summed E-state index contributed by atoms with van der Waals surface area (Å²) < 4.78 is 27.3. The molecule has 2 aromatic rings. The molecule has 2 heterocycles. The number of nitrogens with one attached hydrogen (secondary N) is 1. The minimum absolute atomic E-state index is 0.140. The first kappa shape index (κ1) is 19.1. The van der Waals surface area contributed by atoms with Gasteiger partial charge < -0.3 is 0 Å². The van der Waals surface area contributed by atoms with E-state index in [2.05, 4.69) is 10.6 Å². The third-order valence-corrected chi connectivity index (χ3v) is 7.42. The van der Waals surface area contributed by atoms with Crippen molar-refractivity contribution in [3.63, 3.8) is 0 Å². The predicted octanol–water partition coefficient (Wildman–Crippen LogP) is 1.82. The standard InChI is InChI=1S/C21H24N3O3S/c1-16-6-5-9-18(14-16)28(26,27)24-12-10-21(11-13-24)22-19(20(25)23-21)15-17-7-3-2-4-8-17/h2-9,14,19,22H,10-13,15H2,1H3. The molecule has 2 fully saturated rings. The van der Waals surface area contributed by atoms with Crippen molar-refractivity contribution in [1.29, 1.82) is 0 Å². The lowest BCUT2D eigenvalue weighted by Gasteiger charge is -2.37. The summed E-state index contributed by atoms with van der Waals surface area (Å²) in [7, 11) is -3.53. The second-order valence-electron chi connectivity index (χ2n) is 7.59. The van der Waals surface area contributed by atoms with Crippen LogP contribution in [-0.4, -0.2) is 43.4 Å². The number of carbonyl (C=O) groups excluding carboxylic acids is 1. The Kier molecular flexibility index (Phi) is 4.99. The zero-order chi connectivity index (χ0) is 19.8. The summed E-state index contributed by atoms with van der Waals surface area (Å²) >= 11 is 0. The van der Waals surface area contributed by atoms with Crippen LogP contribution in [0.5, 0.6) is 0 Å². The van der Waals surface area contributed by atoms with E-state index in [9.17, 15) is 13.2 Å². The van der Waals surface area contributed by atoms with Crippen LogP contribution in [0, 0.1) is 6.92 Å². The number of aryl methyl sites for hydroxylation is 1. The summed E-state index contributed by atoms with van der Waals surface area (Å²) in [5.74, 6) is -0.140. The highest BCUT2D eigenvalue weighted by Gasteiger charge is 2.48. The van der Waals surface area contributed by atoms with Gasteiger partial charge in [-0.2, -0.15) is 4.31 Å². The molecule has 147 valence electrons. The molecule has 2 aliphatic heterocycles. The fourth-order valence-electron chi connectivity index (χ4n) is 3.97. The maximum atomic E-state index is 12.9. The Balaban J connectivity index is 1.43. The number of benzene rings is 2. The third kappa shape index (κ3) is 3.70. The monoisotopic (exact) mass is 398 g/mol. The second kappa shape index (κ2) is 7.31. The fraction of sp³-hybridized carbons (Fsp3) is 0.381. The Hall–Kier alpha value is -2.22. The normalized spacial score (nSPS) is 22.3. The molecule has 1 radical (unpaired) electrons. The Morgan fingerprint density at radius 3 is 2.50 bits per heavy atom. The molecule has 1 spiro atoms. The van der Waals surface area contributed by atoms with Gasteiger partial charge in [0.1, 0.15) is 5.66 Å². The topological polar surface area (TPSA) is 80.6 Å². The van der Waals surface area contributed by atoms with Crippen molar-refractivity contribution < 1.29 is 13.2 Å². The molecule has 4 rings (SSSR count). The van der Waals surface area contributed by atoms with Gasteiger partial charge in [-0.3, -0.25) is 10.1 Å². The van der Waals surface area contributed by atoms with Crippen molar-refractivity contribution in [2.75, 3.05) is 13.1 Å². The molecule has 1 unspecified atom stereocenters. The van der Waals surface area contributed by atoms with Crippen LogP contribution in [0.25, 0.3) is 0 Å². The average molecular weight is 399 g/mol. The number of nitrogens with zero attached hydrogens (tertiary/aromatic N) is 2. The molecular weight excluding hydrogens is 374 g/mol. The van der Waals surface area contributed by atoms with Gasteiger partial charge >= 0.3 is 0 Å². The Labute approximate surface area is 166 Å². The highest BCUT2D eigenvalue weighted by Crippen LogP contribution is 2.30. The Bertz CT molecular complexity index is 967. The van der Waals surface area contributed by atoms with E-state index in [4.69, 9.17) is 0 Å². The average Bonchev–Trinajstić information content (AvgIpc) is 2.97. The quantitative estimate of drug-likeness (QED) is 0.852. The van der Waals surface area contributed by atoms with Crippen LogP contribution in [0.1, 0.15) is 24.0 Å². The number of hydrogen-bond acceptors (Lipinski definition) is 4. The van der Waals surface area contributed by atoms with Gasteiger partial charge in [0.25, 0.3) is 5.91 Å². The van der Waals surface area contributed by atoms with Crippen molar-refractivity contribution in [2.24, 2.45) is 0 Å². The minimum atomic E-state index is -3.53. The van der Waals surface area contributed by atoms with Gasteiger partial charge in [0.15, 0.2) is 0 Å². The first-order chi connectivity index (χ1) is 13.4. The molecule has 2 saturated heterocycles. The molecular formula is C21H24N3O3S. The van der Waals surface area contributed by atoms with Crippen LogP contribution in [0.3, 0.4) is 0 Å². The van der Waals surface area contributed by atoms with Gasteiger partial charge in [-0.25, -0.2) is 13.7 Å². The molecule has 28 heavy (non-hydrogen) atoms. The van der Waals surface area contributed by atoms with Crippen LogP contribution in [0.4, 0.5) is 0 Å². The number of piperidine rings is 1. The van der Waals surface area contributed by atoms with E-state index in [1.165, 1.54) is 4.31 Å². The summed E-state index contributed by atoms with van der Waals surface area (Å²) in [6.45, 7) is 2.57. The predicted molar refractivity (Wildman–Crippen MR) is 106 cm³/mol. The maximum Gasteiger partial charge on any atom is 0.260 e. The smallest absolute Gasteiger partial charge is 0.260 e. The van der Waals surface area contributed by atoms with Gasteiger partial charge in [0.05, 0.1) is 10.9 Å². The van der Waals surface area contributed by atoms with E-state index in [0.29, 0.717) is 37.2 Å². The summed E-state index contributed by atoms with van der Waals surface area (Å²) in [5.41, 5.74) is 1.35. The Morgan fingerprint density at radius 1 is 1.11 bits per heavy atom. The molecule has 0 saturated carbocycles. The number of amides is 1. The molecule has 6 nitrogen and oxygen atoms in total. The maximum absolute atomic E-state index is 12.9. The van der Waals surface area contributed by atoms with E-state index in [0.717, 1.165) is 11.1 Å². The van der Waals surface area contributed by atoms with Crippen LogP contribution in [0.15, 0.2) is 59.5 Å². The minimum Gasteiger partial charge on any atom is -0.281 e. The third-order valence-electron chi connectivity index (χ3n) is 5.52. The molecule has 1 atom stereocenters. The van der Waals surface area contributed by atoms with Gasteiger partial charge in [-0.05, 0) is 49.4 Å². The van der Waals surface area contributed by atoms with Crippen molar-refractivity contribution >= 4 is 15.9 Å². The lowest BCUT2D eigenvalue weighted by molar-refractivity contribution is -0.121. The zero-order valence-electron chi connectivity index (χ0n) is 15.8. The number of carbonyl (C=O) groups is 1. The van der Waals surface area contributed by atoms with Gasteiger partial charge in [-0.15, -0.1) is 0 Å². The molecule has 2 aromatic carbocycles. The molecule has 0 aromatic heterocycles. The van der Waals surface area contributed by atoms with Crippen molar-refractivity contribution in [1.82, 2.24) is 14.9 Å². The number of hydrogen-bond donors (Lipinski definition) is 1. The van der Waals surface area contributed by atoms with Gasteiger partial charge in [0.2, 0.25) is 10.0 Å². The molecule has 1 amide bonds. The van der Waals surface area contributed by atoms with Crippen molar-refractivity contribution in [3.05, 3.63) is 65.7 Å². The van der Waals surface area contributed by atoms with Crippen molar-refractivity contribution in [2.45, 2.75) is 42.8 Å². The van der Waals surface area contributed by atoms with Gasteiger partial charge in [-0.1, -0.05) is 42.5 Å². The van der Waals surface area contributed by atoms with Gasteiger partial charge in [0, 0.05) is 13.1 Å². The summed E-state index contributed by atoms with van der Waals surface area (Å²) in [6.07, 6.45) is 1.58. The largest absolute Gasteiger partial charge is 0.281 e. The number of sulfonamides is 1. The molecule has 1 N–H and O–H groups in total. The fourth-order valence-corrected chi connectivity index (χ4v) is 5.52. The lowest BCUT2D eigenvalue weighted by Crippen LogP contribution is -2.56. The van der Waals surface area contributed by atoms with E-state index in [-0.39, 0.29) is 11.9 Å². The van der Waals surface area contributed by atoms with E-state index in [1.54, 1.807) is 18.2 Å². The highest BCUT2D eigenvalue weighted by atomic mass is 32.2. The van der Waals surface area contributed by atoms with Crippen LogP contribution < -0.4 is 10.6 Å². The molecule has 2 aliphatic rings. The van der Waals surface area contributed by atoms with Crippen LogP contribution in [0.2, 0.25) is 0 Å². The molecule has 7 heteroatoms. The zero-order valence-corrected chi connectivity index (χ0v) is 16.7. The van der Waals surface area contributed by atoms with E-state index >= 15 is 0 Å². The second-order valence-corrected chi connectivity index (χ2v) is 9.53. The lowest BCUT2D eigenvalue weighted by atomic mass is 9.99. The Morgan fingerprint density at radius 2 is 1.82 bits per heavy atom. The first-order valence-corrected chi connectivity index (χ1v) is 11.0. The number of rotatable bonds is 4. The molecule has 0 bridgehead atoms. The van der Waals surface area contributed by atoms with E-state index < -0.39 is 15.7 Å². The summed E-state index contributed by atoms with van der Waals surface area (Å²) in [4.78, 5) is 12.7. The summed E-state index contributed by atoms with van der Waals surface area (Å²) in [6, 6.07) is 16.5. The highest BCUT2D eigenvalue weighted by molar-refractivity contribution is 7.89.